The first-order valence-corrected chi connectivity index (χ1v) is 8.27. The number of nitrogens with zero attached hydrogens (tertiary/aromatic N) is 3. The summed E-state index contributed by atoms with van der Waals surface area (Å²) < 4.78 is 14.7. The van der Waals surface area contributed by atoms with E-state index in [0.717, 1.165) is 11.2 Å². The van der Waals surface area contributed by atoms with Gasteiger partial charge in [-0.3, -0.25) is 0 Å². The molecule has 0 aliphatic heterocycles. The summed E-state index contributed by atoms with van der Waals surface area (Å²) in [4.78, 5) is 11.6. The molecule has 0 aliphatic rings. The molecule has 2 aromatic heterocycles. The molecule has 0 spiro atoms. The van der Waals surface area contributed by atoms with Crippen molar-refractivity contribution in [2.75, 3.05) is 10.6 Å². The summed E-state index contributed by atoms with van der Waals surface area (Å²) in [5.74, 6) is 0.454. The number of H-pyrrole nitrogens is 1. The first-order chi connectivity index (χ1) is 13.1. The van der Waals surface area contributed by atoms with E-state index in [-0.39, 0.29) is 5.82 Å². The van der Waals surface area contributed by atoms with Gasteiger partial charge in [0.05, 0.1) is 17.3 Å². The Bertz CT molecular complexity index is 1170. The lowest BCUT2D eigenvalue weighted by atomic mass is 10.2. The van der Waals surface area contributed by atoms with Crippen molar-refractivity contribution in [1.82, 2.24) is 15.0 Å². The van der Waals surface area contributed by atoms with Gasteiger partial charge in [0.25, 0.3) is 0 Å². The van der Waals surface area contributed by atoms with Crippen molar-refractivity contribution < 1.29 is 4.39 Å². The number of hydrogen-bond donors (Lipinski definition) is 3. The Balaban J connectivity index is 1.59. The number of benzene rings is 2. The highest BCUT2D eigenvalue weighted by Gasteiger charge is 2.10. The number of aromatic nitrogens is 3. The summed E-state index contributed by atoms with van der Waals surface area (Å²) in [6.07, 6.45) is 1.57. The van der Waals surface area contributed by atoms with Gasteiger partial charge in [-0.15, -0.1) is 0 Å². The van der Waals surface area contributed by atoms with Crippen molar-refractivity contribution in [3.63, 3.8) is 0 Å². The Morgan fingerprint density at radius 1 is 1.11 bits per heavy atom. The van der Waals surface area contributed by atoms with E-state index in [4.69, 9.17) is 5.26 Å². The second-order valence-electron chi connectivity index (χ2n) is 6.05. The van der Waals surface area contributed by atoms with E-state index in [1.54, 1.807) is 42.6 Å². The van der Waals surface area contributed by atoms with E-state index in [1.165, 1.54) is 0 Å². The van der Waals surface area contributed by atoms with E-state index in [2.05, 4.69) is 31.7 Å². The topological polar surface area (TPSA) is 89.4 Å². The largest absolute Gasteiger partial charge is 0.359 e. The first kappa shape index (κ1) is 16.5. The summed E-state index contributed by atoms with van der Waals surface area (Å²) in [5, 5.41) is 15.5. The molecule has 0 saturated heterocycles. The van der Waals surface area contributed by atoms with Crippen molar-refractivity contribution in [2.24, 2.45) is 0 Å². The molecular formula is C20H15FN6. The minimum atomic E-state index is -0.341. The molecule has 132 valence electrons. The predicted octanol–water partition coefficient (Wildman–Crippen LogP) is 4.76. The van der Waals surface area contributed by atoms with E-state index < -0.39 is 0 Å². The fraction of sp³-hybridized carbons (Fsp3) is 0.0500. The predicted molar refractivity (Wildman–Crippen MR) is 103 cm³/mol. The minimum Gasteiger partial charge on any atom is -0.359 e. The van der Waals surface area contributed by atoms with Crippen molar-refractivity contribution in [1.29, 1.82) is 5.26 Å². The van der Waals surface area contributed by atoms with Gasteiger partial charge in [-0.05, 0) is 49.4 Å². The molecule has 7 heteroatoms. The van der Waals surface area contributed by atoms with Crippen LogP contribution in [0.5, 0.6) is 0 Å². The van der Waals surface area contributed by atoms with Crippen LogP contribution in [-0.2, 0) is 0 Å². The standard InChI is InChI=1S/C20H15FN6/c1-12-9-15-16(24-12)5-6-17(19(15)21)26-18-7-8-23-20(27-18)25-14-4-2-3-13(10-14)11-22/h2-10,24H,1H3,(H2,23,25,26,27). The van der Waals surface area contributed by atoms with Gasteiger partial charge < -0.3 is 15.6 Å². The molecule has 6 nitrogen and oxygen atoms in total. The number of fused-ring (bicyclic) bond motifs is 1. The van der Waals surface area contributed by atoms with E-state index in [0.29, 0.717) is 34.1 Å². The number of aryl methyl sites for hydroxylation is 1. The number of anilines is 4. The van der Waals surface area contributed by atoms with Crippen LogP contribution >= 0.6 is 0 Å². The molecule has 27 heavy (non-hydrogen) atoms. The number of hydrogen-bond acceptors (Lipinski definition) is 5. The molecule has 0 fully saturated rings. The van der Waals surface area contributed by atoms with Gasteiger partial charge in [0.15, 0.2) is 5.82 Å². The van der Waals surface area contributed by atoms with Crippen molar-refractivity contribution in [3.05, 3.63) is 71.8 Å². The normalized spacial score (nSPS) is 10.6. The average Bonchev–Trinajstić information content (AvgIpc) is 3.06. The van der Waals surface area contributed by atoms with E-state index >= 15 is 0 Å². The lowest BCUT2D eigenvalue weighted by molar-refractivity contribution is 0.644. The number of nitrogens with one attached hydrogen (secondary N) is 3. The number of rotatable bonds is 4. The molecule has 4 aromatic rings. The summed E-state index contributed by atoms with van der Waals surface area (Å²) >= 11 is 0. The Hall–Kier alpha value is -3.92. The van der Waals surface area contributed by atoms with Crippen LogP contribution < -0.4 is 10.6 Å². The van der Waals surface area contributed by atoms with Gasteiger partial charge in [-0.25, -0.2) is 9.37 Å². The zero-order chi connectivity index (χ0) is 18.8. The molecular weight excluding hydrogens is 343 g/mol. The summed E-state index contributed by atoms with van der Waals surface area (Å²) in [5.41, 5.74) is 3.21. The highest BCUT2D eigenvalue weighted by atomic mass is 19.1. The molecule has 0 radical (unpaired) electrons. The lowest BCUT2D eigenvalue weighted by Gasteiger charge is -2.10. The third-order valence-electron chi connectivity index (χ3n) is 4.04. The SMILES string of the molecule is Cc1cc2c(F)c(Nc3ccnc(Nc4cccc(C#N)c4)n3)ccc2[nH]1. The quantitative estimate of drug-likeness (QED) is 0.489. The highest BCUT2D eigenvalue weighted by molar-refractivity contribution is 5.85. The molecule has 0 atom stereocenters. The number of nitriles is 1. The fourth-order valence-electron chi connectivity index (χ4n) is 2.83. The summed E-state index contributed by atoms with van der Waals surface area (Å²) in [6.45, 7) is 1.89. The molecule has 2 heterocycles. The van der Waals surface area contributed by atoms with Crippen LogP contribution in [0.4, 0.5) is 27.5 Å². The van der Waals surface area contributed by atoms with Crippen LogP contribution in [0.25, 0.3) is 10.9 Å². The van der Waals surface area contributed by atoms with Crippen LogP contribution in [0, 0.1) is 24.1 Å². The maximum absolute atomic E-state index is 14.7. The maximum Gasteiger partial charge on any atom is 0.229 e. The second-order valence-corrected chi connectivity index (χ2v) is 6.05. The molecule has 4 rings (SSSR count). The Kier molecular flexibility index (Phi) is 4.15. The van der Waals surface area contributed by atoms with Gasteiger partial charge >= 0.3 is 0 Å². The van der Waals surface area contributed by atoms with E-state index in [1.807, 2.05) is 19.1 Å². The molecule has 0 unspecified atom stereocenters. The Labute approximate surface area is 154 Å². The van der Waals surface area contributed by atoms with Crippen LogP contribution in [0.15, 0.2) is 54.7 Å². The van der Waals surface area contributed by atoms with Crippen molar-refractivity contribution in [3.8, 4) is 6.07 Å². The first-order valence-electron chi connectivity index (χ1n) is 8.27. The number of halogens is 1. The monoisotopic (exact) mass is 358 g/mol. The van der Waals surface area contributed by atoms with Gasteiger partial charge in [-0.1, -0.05) is 6.07 Å². The highest BCUT2D eigenvalue weighted by Crippen LogP contribution is 2.27. The second kappa shape index (κ2) is 6.77. The summed E-state index contributed by atoms with van der Waals surface area (Å²) in [7, 11) is 0. The molecule has 0 amide bonds. The zero-order valence-electron chi connectivity index (χ0n) is 14.4. The average molecular weight is 358 g/mol. The third-order valence-corrected chi connectivity index (χ3v) is 4.04. The Morgan fingerprint density at radius 2 is 2.00 bits per heavy atom. The fourth-order valence-corrected chi connectivity index (χ4v) is 2.83. The van der Waals surface area contributed by atoms with Crippen LogP contribution in [0.2, 0.25) is 0 Å². The van der Waals surface area contributed by atoms with Gasteiger partial charge in [0.2, 0.25) is 5.95 Å². The molecule has 2 aromatic carbocycles. The van der Waals surface area contributed by atoms with Gasteiger partial charge in [0, 0.05) is 28.5 Å². The maximum atomic E-state index is 14.7. The zero-order valence-corrected chi connectivity index (χ0v) is 14.4. The molecule has 0 aliphatic carbocycles. The minimum absolute atomic E-state index is 0.331. The molecule has 0 saturated carbocycles. The third kappa shape index (κ3) is 3.41. The molecule has 0 bridgehead atoms. The summed E-state index contributed by atoms with van der Waals surface area (Å²) in [6, 6.07) is 16.0. The van der Waals surface area contributed by atoms with Crippen molar-refractivity contribution in [2.45, 2.75) is 6.92 Å². The van der Waals surface area contributed by atoms with E-state index in [9.17, 15) is 4.39 Å². The van der Waals surface area contributed by atoms with Crippen molar-refractivity contribution >= 4 is 34.0 Å². The molecule has 3 N–H and O–H groups in total. The van der Waals surface area contributed by atoms with Gasteiger partial charge in [0.1, 0.15) is 5.82 Å². The Morgan fingerprint density at radius 3 is 2.85 bits per heavy atom. The smallest absolute Gasteiger partial charge is 0.229 e. The lowest BCUT2D eigenvalue weighted by Crippen LogP contribution is -2.01. The number of aromatic amines is 1. The van der Waals surface area contributed by atoms with Gasteiger partial charge in [-0.2, -0.15) is 10.2 Å². The van der Waals surface area contributed by atoms with Crippen LogP contribution in [-0.4, -0.2) is 15.0 Å². The van der Waals surface area contributed by atoms with Crippen LogP contribution in [0.3, 0.4) is 0 Å². The van der Waals surface area contributed by atoms with Crippen LogP contribution in [0.1, 0.15) is 11.3 Å².